The molecular formula is C31H45N3. The lowest BCUT2D eigenvalue weighted by Gasteiger charge is -2.46. The quantitative estimate of drug-likeness (QED) is 0.367. The lowest BCUT2D eigenvalue weighted by molar-refractivity contribution is 0.262. The van der Waals surface area contributed by atoms with Crippen LogP contribution in [0.25, 0.3) is 0 Å². The molecule has 3 nitrogen and oxygen atoms in total. The molecule has 2 aromatic rings. The highest BCUT2D eigenvalue weighted by molar-refractivity contribution is 5.67. The average molecular weight is 460 g/mol. The minimum atomic E-state index is -0.577. The van der Waals surface area contributed by atoms with Crippen LogP contribution < -0.4 is 10.6 Å². The van der Waals surface area contributed by atoms with Gasteiger partial charge in [-0.2, -0.15) is 0 Å². The molecule has 0 aliphatic carbocycles. The zero-order valence-electron chi connectivity index (χ0n) is 22.7. The first-order valence-electron chi connectivity index (χ1n) is 13.1. The number of benzene rings is 2. The molecule has 3 rings (SSSR count). The second kappa shape index (κ2) is 10.7. The van der Waals surface area contributed by atoms with Crippen LogP contribution in [-0.4, -0.2) is 17.2 Å². The Morgan fingerprint density at radius 2 is 1.03 bits per heavy atom. The Bertz CT molecular complexity index is 909. The summed E-state index contributed by atoms with van der Waals surface area (Å²) < 4.78 is 0. The summed E-state index contributed by atoms with van der Waals surface area (Å²) in [6.45, 7) is 21.3. The maximum absolute atomic E-state index is 4.05. The Hall–Kier alpha value is -2.68. The number of nitrogens with one attached hydrogen (secondary N) is 2. The van der Waals surface area contributed by atoms with Crippen molar-refractivity contribution in [2.45, 2.75) is 91.8 Å². The molecule has 0 radical (unpaired) electrons. The molecule has 0 saturated carbocycles. The van der Waals surface area contributed by atoms with E-state index in [0.717, 1.165) is 6.54 Å². The van der Waals surface area contributed by atoms with Crippen molar-refractivity contribution in [3.8, 4) is 0 Å². The first-order chi connectivity index (χ1) is 16.1. The van der Waals surface area contributed by atoms with E-state index in [2.05, 4.69) is 139 Å². The molecule has 0 bridgehead atoms. The van der Waals surface area contributed by atoms with E-state index in [-0.39, 0.29) is 0 Å². The molecule has 0 amide bonds. The van der Waals surface area contributed by atoms with E-state index in [0.29, 0.717) is 23.7 Å². The lowest BCUT2D eigenvalue weighted by Crippen LogP contribution is -2.58. The fraction of sp³-hybridized carbons (Fsp3) is 0.484. The van der Waals surface area contributed by atoms with Gasteiger partial charge in [-0.3, -0.25) is 0 Å². The van der Waals surface area contributed by atoms with Crippen LogP contribution in [0.2, 0.25) is 0 Å². The summed E-state index contributed by atoms with van der Waals surface area (Å²) in [6, 6.07) is 13.5. The van der Waals surface area contributed by atoms with Crippen molar-refractivity contribution in [2.75, 3.05) is 17.2 Å². The molecule has 2 N–H and O–H groups in total. The molecule has 1 heterocycles. The largest absolute Gasteiger partial charge is 0.342 e. The van der Waals surface area contributed by atoms with Crippen LogP contribution in [0.3, 0.4) is 0 Å². The Kier molecular flexibility index (Phi) is 8.17. The van der Waals surface area contributed by atoms with E-state index in [1.54, 1.807) is 0 Å². The van der Waals surface area contributed by atoms with E-state index >= 15 is 0 Å². The van der Waals surface area contributed by atoms with Crippen LogP contribution in [0.1, 0.15) is 108 Å². The van der Waals surface area contributed by atoms with Crippen LogP contribution in [-0.2, 0) is 0 Å². The van der Waals surface area contributed by atoms with Crippen LogP contribution >= 0.6 is 0 Å². The predicted octanol–water partition coefficient (Wildman–Crippen LogP) is 8.76. The van der Waals surface area contributed by atoms with Gasteiger partial charge in [0.05, 0.1) is 0 Å². The summed E-state index contributed by atoms with van der Waals surface area (Å²) >= 11 is 0. The second-order valence-electron chi connectivity index (χ2n) is 10.7. The van der Waals surface area contributed by atoms with Crippen molar-refractivity contribution in [2.24, 2.45) is 0 Å². The van der Waals surface area contributed by atoms with Gasteiger partial charge in [0.1, 0.15) is 0 Å². The molecule has 3 heteroatoms. The van der Waals surface area contributed by atoms with Crippen molar-refractivity contribution >= 4 is 11.4 Å². The predicted molar refractivity (Wildman–Crippen MR) is 150 cm³/mol. The van der Waals surface area contributed by atoms with Gasteiger partial charge >= 0.3 is 0 Å². The zero-order valence-corrected chi connectivity index (χ0v) is 22.7. The maximum atomic E-state index is 4.05. The summed E-state index contributed by atoms with van der Waals surface area (Å²) in [6.07, 6.45) is 8.76. The number of anilines is 2. The number of hydrogen-bond donors (Lipinski definition) is 2. The summed E-state index contributed by atoms with van der Waals surface area (Å²) in [5.41, 5.74) is 7.90. The smallest absolute Gasteiger partial charge is 0.207 e. The minimum absolute atomic E-state index is 0.422. The highest BCUT2D eigenvalue weighted by Gasteiger charge is 2.36. The van der Waals surface area contributed by atoms with E-state index < -0.39 is 5.79 Å². The normalized spacial score (nSPS) is 15.1. The first-order valence-corrected chi connectivity index (χ1v) is 13.1. The third-order valence-electron chi connectivity index (χ3n) is 6.89. The molecule has 1 aliphatic rings. The minimum Gasteiger partial charge on any atom is -0.342 e. The van der Waals surface area contributed by atoms with Gasteiger partial charge in [0.25, 0.3) is 0 Å². The number of likely N-dealkylation sites (N-methyl/N-ethyl adjacent to an activating group) is 1. The molecule has 0 atom stereocenters. The van der Waals surface area contributed by atoms with Gasteiger partial charge in [0, 0.05) is 24.1 Å². The monoisotopic (exact) mass is 459 g/mol. The van der Waals surface area contributed by atoms with E-state index in [1.807, 2.05) is 0 Å². The fourth-order valence-corrected chi connectivity index (χ4v) is 4.95. The fourth-order valence-electron chi connectivity index (χ4n) is 4.95. The van der Waals surface area contributed by atoms with Crippen molar-refractivity contribution in [1.29, 1.82) is 0 Å². The van der Waals surface area contributed by atoms with Gasteiger partial charge in [-0.15, -0.1) is 0 Å². The topological polar surface area (TPSA) is 27.3 Å². The Morgan fingerprint density at radius 1 is 0.647 bits per heavy atom. The summed E-state index contributed by atoms with van der Waals surface area (Å²) in [4.78, 5) is 2.37. The highest BCUT2D eigenvalue weighted by atomic mass is 15.4. The van der Waals surface area contributed by atoms with Gasteiger partial charge in [-0.1, -0.05) is 97.9 Å². The van der Waals surface area contributed by atoms with Gasteiger partial charge < -0.3 is 15.5 Å². The van der Waals surface area contributed by atoms with Crippen LogP contribution in [0.4, 0.5) is 11.4 Å². The van der Waals surface area contributed by atoms with Gasteiger partial charge in [0.2, 0.25) is 5.79 Å². The SMILES string of the molecule is CCN1C=CC=CC1(Nc1c(C(C)C)cccc1C(C)C)Nc1c(C(C)C)cccc1C(C)C. The Labute approximate surface area is 208 Å². The van der Waals surface area contributed by atoms with E-state index in [9.17, 15) is 0 Å². The molecule has 0 saturated heterocycles. The van der Waals surface area contributed by atoms with Gasteiger partial charge in [-0.25, -0.2) is 0 Å². The summed E-state index contributed by atoms with van der Waals surface area (Å²) in [5.74, 6) is 1.11. The number of allylic oxidation sites excluding steroid dienone is 2. The number of rotatable bonds is 9. The third kappa shape index (κ3) is 5.19. The highest BCUT2D eigenvalue weighted by Crippen LogP contribution is 2.39. The molecule has 0 unspecified atom stereocenters. The van der Waals surface area contributed by atoms with Crippen LogP contribution in [0.5, 0.6) is 0 Å². The molecule has 2 aromatic carbocycles. The van der Waals surface area contributed by atoms with Crippen LogP contribution in [0.15, 0.2) is 60.8 Å². The maximum Gasteiger partial charge on any atom is 0.207 e. The van der Waals surface area contributed by atoms with Gasteiger partial charge in [0.15, 0.2) is 0 Å². The molecule has 0 aromatic heterocycles. The summed E-state index contributed by atoms with van der Waals surface area (Å²) in [7, 11) is 0. The lowest BCUT2D eigenvalue weighted by atomic mass is 9.91. The Morgan fingerprint density at radius 3 is 1.35 bits per heavy atom. The standard InChI is InChI=1S/C31H45N3/c1-10-34-20-12-11-19-31(34,32-29-25(21(2)3)15-13-16-26(29)22(4)5)33-30-27(23(6)7)17-14-18-28(30)24(8)9/h11-24,32-33H,10H2,1-9H3. The average Bonchev–Trinajstić information content (AvgIpc) is 2.78. The molecule has 184 valence electrons. The van der Waals surface area contributed by atoms with E-state index in [1.165, 1.54) is 33.6 Å². The molecule has 34 heavy (non-hydrogen) atoms. The van der Waals surface area contributed by atoms with Crippen molar-refractivity contribution in [1.82, 2.24) is 4.90 Å². The van der Waals surface area contributed by atoms with Crippen molar-refractivity contribution < 1.29 is 0 Å². The van der Waals surface area contributed by atoms with E-state index in [4.69, 9.17) is 0 Å². The summed E-state index contributed by atoms with van der Waals surface area (Å²) in [5, 5.41) is 8.11. The van der Waals surface area contributed by atoms with Crippen LogP contribution in [0, 0.1) is 0 Å². The number of para-hydroxylation sites is 2. The molecule has 1 aliphatic heterocycles. The van der Waals surface area contributed by atoms with Gasteiger partial charge in [-0.05, 0) is 65.0 Å². The third-order valence-corrected chi connectivity index (χ3v) is 6.89. The first kappa shape index (κ1) is 25.9. The van der Waals surface area contributed by atoms with Crippen molar-refractivity contribution in [3.63, 3.8) is 0 Å². The molecule has 0 spiro atoms. The number of nitrogens with zero attached hydrogens (tertiary/aromatic N) is 1. The van der Waals surface area contributed by atoms with Crippen molar-refractivity contribution in [3.05, 3.63) is 83.1 Å². The second-order valence-corrected chi connectivity index (χ2v) is 10.7. The zero-order chi connectivity index (χ0) is 25.0. The molecule has 0 fully saturated rings. The number of hydrogen-bond acceptors (Lipinski definition) is 3. The molecular weight excluding hydrogens is 414 g/mol. The Balaban J connectivity index is 2.24.